The Morgan fingerprint density at radius 3 is 2.50 bits per heavy atom. The Morgan fingerprint density at radius 2 is 2.00 bits per heavy atom. The molecule has 0 aromatic heterocycles. The Balaban J connectivity index is 4.24. The maximum absolute atomic E-state index is 11.6. The van der Waals surface area contributed by atoms with Crippen molar-refractivity contribution >= 4 is 17.8 Å². The summed E-state index contributed by atoms with van der Waals surface area (Å²) in [5, 5.41) is 17.0. The Morgan fingerprint density at radius 1 is 1.33 bits per heavy atom. The van der Waals surface area contributed by atoms with Gasteiger partial charge in [0.25, 0.3) is 0 Å². The summed E-state index contributed by atoms with van der Waals surface area (Å²) in [5.74, 6) is -2.13. The summed E-state index contributed by atoms with van der Waals surface area (Å²) in [6, 6.07) is 1.83. The van der Waals surface area contributed by atoms with Gasteiger partial charge in [0.2, 0.25) is 5.91 Å². The molecule has 18 heavy (non-hydrogen) atoms. The smallest absolute Gasteiger partial charge is 0.323 e. The van der Waals surface area contributed by atoms with E-state index in [1.54, 1.807) is 6.92 Å². The van der Waals surface area contributed by atoms with Gasteiger partial charge < -0.3 is 14.7 Å². The van der Waals surface area contributed by atoms with E-state index in [2.05, 4.69) is 4.74 Å². The average Bonchev–Trinajstić information content (AvgIpc) is 2.31. The van der Waals surface area contributed by atoms with Crippen LogP contribution in [-0.4, -0.2) is 47.5 Å². The zero-order valence-electron chi connectivity index (χ0n) is 10.2. The van der Waals surface area contributed by atoms with E-state index >= 15 is 0 Å². The first-order valence-electron chi connectivity index (χ1n) is 5.53. The fourth-order valence-corrected chi connectivity index (χ4v) is 1.24. The van der Waals surface area contributed by atoms with Crippen molar-refractivity contribution in [2.75, 3.05) is 19.7 Å². The number of nitrogens with zero attached hydrogens (tertiary/aromatic N) is 2. The molecule has 0 saturated heterocycles. The van der Waals surface area contributed by atoms with Crippen molar-refractivity contribution in [1.82, 2.24) is 4.90 Å². The second kappa shape index (κ2) is 8.98. The number of carboxylic acid groups (broad SMARTS) is 1. The van der Waals surface area contributed by atoms with Crippen LogP contribution in [-0.2, 0) is 19.1 Å². The van der Waals surface area contributed by atoms with E-state index in [-0.39, 0.29) is 32.4 Å². The van der Waals surface area contributed by atoms with Gasteiger partial charge in [-0.2, -0.15) is 5.26 Å². The monoisotopic (exact) mass is 256 g/mol. The fraction of sp³-hybridized carbons (Fsp3) is 0.636. The van der Waals surface area contributed by atoms with Crippen molar-refractivity contribution in [2.45, 2.75) is 26.2 Å². The molecular formula is C11H16N2O5. The van der Waals surface area contributed by atoms with Crippen LogP contribution in [0.25, 0.3) is 0 Å². The number of carbonyl (C=O) groups is 3. The number of carbonyl (C=O) groups excluding carboxylic acids is 2. The summed E-state index contributed by atoms with van der Waals surface area (Å²) in [7, 11) is 0. The van der Waals surface area contributed by atoms with Crippen LogP contribution in [0.4, 0.5) is 0 Å². The molecule has 1 N–H and O–H groups in total. The Kier molecular flexibility index (Phi) is 7.94. The molecule has 0 saturated carbocycles. The van der Waals surface area contributed by atoms with E-state index in [9.17, 15) is 14.4 Å². The number of nitriles is 1. The normalized spacial score (nSPS) is 9.33. The summed E-state index contributed by atoms with van der Waals surface area (Å²) in [4.78, 5) is 34.3. The molecule has 0 bridgehead atoms. The molecule has 7 heteroatoms. The van der Waals surface area contributed by atoms with Gasteiger partial charge in [0.05, 0.1) is 25.5 Å². The number of aliphatic carboxylic acids is 1. The van der Waals surface area contributed by atoms with E-state index in [1.165, 1.54) is 0 Å². The topological polar surface area (TPSA) is 108 Å². The van der Waals surface area contributed by atoms with Gasteiger partial charge in [-0.15, -0.1) is 0 Å². The minimum atomic E-state index is -1.16. The summed E-state index contributed by atoms with van der Waals surface area (Å²) >= 11 is 0. The zero-order valence-corrected chi connectivity index (χ0v) is 10.2. The number of hydrogen-bond acceptors (Lipinski definition) is 5. The van der Waals surface area contributed by atoms with Crippen LogP contribution in [0.2, 0.25) is 0 Å². The van der Waals surface area contributed by atoms with Crippen LogP contribution >= 0.6 is 0 Å². The lowest BCUT2D eigenvalue weighted by molar-refractivity contribution is -0.147. The SMILES string of the molecule is CCOC(=O)CCC(=O)N(CCC#N)CC(=O)O. The third-order valence-electron chi connectivity index (χ3n) is 2.02. The lowest BCUT2D eigenvalue weighted by Gasteiger charge is -2.18. The molecule has 0 spiro atoms. The molecule has 0 aliphatic carbocycles. The zero-order chi connectivity index (χ0) is 14.0. The third kappa shape index (κ3) is 7.22. The van der Waals surface area contributed by atoms with Gasteiger partial charge in [0, 0.05) is 13.0 Å². The number of esters is 1. The largest absolute Gasteiger partial charge is 0.480 e. The second-order valence-electron chi connectivity index (χ2n) is 3.42. The summed E-state index contributed by atoms with van der Waals surface area (Å²) < 4.78 is 4.66. The van der Waals surface area contributed by atoms with Crippen LogP contribution in [0.5, 0.6) is 0 Å². The molecule has 0 aliphatic heterocycles. The molecule has 0 heterocycles. The molecule has 0 aromatic carbocycles. The van der Waals surface area contributed by atoms with Gasteiger partial charge in [-0.05, 0) is 6.92 Å². The van der Waals surface area contributed by atoms with Crippen molar-refractivity contribution in [2.24, 2.45) is 0 Å². The first-order chi connectivity index (χ1) is 8.51. The summed E-state index contributed by atoms with van der Waals surface area (Å²) in [5.41, 5.74) is 0. The third-order valence-corrected chi connectivity index (χ3v) is 2.02. The molecule has 1 amide bonds. The first kappa shape index (κ1) is 15.9. The van der Waals surface area contributed by atoms with Gasteiger partial charge in [-0.3, -0.25) is 14.4 Å². The van der Waals surface area contributed by atoms with E-state index in [0.717, 1.165) is 4.90 Å². The van der Waals surface area contributed by atoms with E-state index < -0.39 is 24.4 Å². The maximum Gasteiger partial charge on any atom is 0.323 e. The van der Waals surface area contributed by atoms with Crippen molar-refractivity contribution in [3.8, 4) is 6.07 Å². The van der Waals surface area contributed by atoms with E-state index in [0.29, 0.717) is 0 Å². The molecule has 0 radical (unpaired) electrons. The highest BCUT2D eigenvalue weighted by Crippen LogP contribution is 2.01. The van der Waals surface area contributed by atoms with Crippen molar-refractivity contribution in [1.29, 1.82) is 5.26 Å². The van der Waals surface area contributed by atoms with Gasteiger partial charge in [0.1, 0.15) is 6.54 Å². The number of rotatable bonds is 8. The Labute approximate surface area is 105 Å². The highest BCUT2D eigenvalue weighted by Gasteiger charge is 2.17. The Hall–Kier alpha value is -2.10. The molecule has 0 fully saturated rings. The summed E-state index contributed by atoms with van der Waals surface area (Å²) in [6.07, 6.45) is -0.148. The molecule has 100 valence electrons. The number of ether oxygens (including phenoxy) is 1. The van der Waals surface area contributed by atoms with Crippen molar-refractivity contribution in [3.05, 3.63) is 0 Å². The fourth-order valence-electron chi connectivity index (χ4n) is 1.24. The second-order valence-corrected chi connectivity index (χ2v) is 3.42. The lowest BCUT2D eigenvalue weighted by atomic mass is 10.2. The predicted octanol–water partition coefficient (Wildman–Crippen LogP) is 0.157. The van der Waals surface area contributed by atoms with Crippen LogP contribution in [0, 0.1) is 11.3 Å². The van der Waals surface area contributed by atoms with Crippen LogP contribution in [0.1, 0.15) is 26.2 Å². The number of carboxylic acids is 1. The molecule has 0 atom stereocenters. The van der Waals surface area contributed by atoms with E-state index in [1.807, 2.05) is 6.07 Å². The van der Waals surface area contributed by atoms with Gasteiger partial charge >= 0.3 is 11.9 Å². The van der Waals surface area contributed by atoms with Crippen LogP contribution in [0.3, 0.4) is 0 Å². The maximum atomic E-state index is 11.6. The van der Waals surface area contributed by atoms with Gasteiger partial charge in [-0.1, -0.05) is 0 Å². The minimum absolute atomic E-state index is 0.0461. The van der Waals surface area contributed by atoms with Crippen molar-refractivity contribution < 1.29 is 24.2 Å². The van der Waals surface area contributed by atoms with Crippen LogP contribution in [0.15, 0.2) is 0 Å². The Bertz CT molecular complexity index is 348. The van der Waals surface area contributed by atoms with Gasteiger partial charge in [-0.25, -0.2) is 0 Å². The standard InChI is InChI=1S/C11H16N2O5/c1-2-18-11(17)5-4-9(14)13(7-3-6-12)8-10(15)16/h2-5,7-8H2,1H3,(H,15,16). The van der Waals surface area contributed by atoms with E-state index in [4.69, 9.17) is 10.4 Å². The average molecular weight is 256 g/mol. The number of amides is 1. The predicted molar refractivity (Wildman–Crippen MR) is 60.3 cm³/mol. The molecule has 0 rings (SSSR count). The highest BCUT2D eigenvalue weighted by atomic mass is 16.5. The molecule has 0 aromatic rings. The molecule has 7 nitrogen and oxygen atoms in total. The van der Waals surface area contributed by atoms with Crippen molar-refractivity contribution in [3.63, 3.8) is 0 Å². The molecular weight excluding hydrogens is 240 g/mol. The quantitative estimate of drug-likeness (QED) is 0.619. The number of hydrogen-bond donors (Lipinski definition) is 1. The summed E-state index contributed by atoms with van der Waals surface area (Å²) in [6.45, 7) is 1.47. The molecule has 0 aliphatic rings. The minimum Gasteiger partial charge on any atom is -0.480 e. The van der Waals surface area contributed by atoms with Gasteiger partial charge in [0.15, 0.2) is 0 Å². The first-order valence-corrected chi connectivity index (χ1v) is 5.53. The lowest BCUT2D eigenvalue weighted by Crippen LogP contribution is -2.36. The highest BCUT2D eigenvalue weighted by molar-refractivity contribution is 5.84. The van der Waals surface area contributed by atoms with Crippen LogP contribution < -0.4 is 0 Å². The molecule has 0 unspecified atom stereocenters.